The van der Waals surface area contributed by atoms with E-state index in [4.69, 9.17) is 0 Å². The molecule has 0 aliphatic carbocycles. The second-order valence-electron chi connectivity index (χ2n) is 16.0. The average molecular weight is 725 g/mol. The molecule has 0 aromatic heterocycles. The molecule has 0 radical (unpaired) electrons. The molecule has 4 nitrogen and oxygen atoms in total. The molecule has 6 rings (SSSR count). The minimum atomic E-state index is -0.168. The van der Waals surface area contributed by atoms with E-state index in [1.54, 1.807) is 0 Å². The number of benzene rings is 6. The van der Waals surface area contributed by atoms with E-state index in [1.807, 2.05) is 12.1 Å². The normalized spacial score (nSPS) is 12.0. The summed E-state index contributed by atoms with van der Waals surface area (Å²) in [5.41, 5.74) is 1.56. The van der Waals surface area contributed by atoms with Crippen molar-refractivity contribution in [3.05, 3.63) is 113 Å². The minimum Gasteiger partial charge on any atom is -0.289 e. The third kappa shape index (κ3) is 9.02. The van der Waals surface area contributed by atoms with Gasteiger partial charge in [0, 0.05) is 32.3 Å². The molecule has 0 saturated carbocycles. The van der Waals surface area contributed by atoms with Crippen molar-refractivity contribution in [2.75, 3.05) is 0 Å². The molecule has 0 heterocycles. The highest BCUT2D eigenvalue weighted by molar-refractivity contribution is 6.29. The van der Waals surface area contributed by atoms with Gasteiger partial charge in [0.1, 0.15) is 0 Å². The monoisotopic (exact) mass is 724 g/mol. The molecule has 6 aromatic carbocycles. The van der Waals surface area contributed by atoms with Crippen molar-refractivity contribution < 1.29 is 0 Å². The van der Waals surface area contributed by atoms with Crippen LogP contribution >= 0.6 is 0 Å². The highest BCUT2D eigenvalue weighted by Gasteiger charge is 2.19. The van der Waals surface area contributed by atoms with Crippen LogP contribution in [0.25, 0.3) is 53.9 Å². The van der Waals surface area contributed by atoms with Gasteiger partial charge in [-0.05, 0) is 94.8 Å². The highest BCUT2D eigenvalue weighted by Crippen LogP contribution is 2.39. The van der Waals surface area contributed by atoms with Gasteiger partial charge in [-0.2, -0.15) is 0 Å². The molecule has 54 heavy (non-hydrogen) atoms. The summed E-state index contributed by atoms with van der Waals surface area (Å²) >= 11 is 0. The van der Waals surface area contributed by atoms with Crippen molar-refractivity contribution in [3.63, 3.8) is 0 Å². The topological polar surface area (TPSA) is 68.3 Å². The van der Waals surface area contributed by atoms with E-state index in [-0.39, 0.29) is 21.7 Å². The van der Waals surface area contributed by atoms with E-state index < -0.39 is 0 Å². The zero-order valence-electron chi connectivity index (χ0n) is 33.0. The average Bonchev–Trinajstić information content (AvgIpc) is 3.18. The molecule has 4 heteroatoms. The molecule has 284 valence electrons. The van der Waals surface area contributed by atoms with Crippen LogP contribution in [0.5, 0.6) is 0 Å². The lowest BCUT2D eigenvalue weighted by atomic mass is 9.86. The second-order valence-corrected chi connectivity index (χ2v) is 16.0. The van der Waals surface area contributed by atoms with Crippen LogP contribution in [0.4, 0.5) is 0 Å². The van der Waals surface area contributed by atoms with Gasteiger partial charge in [0.2, 0.25) is 0 Å². The molecule has 0 spiro atoms. The fourth-order valence-electron chi connectivity index (χ4n) is 8.97. The number of fused-ring (bicyclic) bond motifs is 9. The molecule has 0 aliphatic heterocycles. The second kappa shape index (κ2) is 19.4. The Morgan fingerprint density at radius 1 is 0.296 bits per heavy atom. The van der Waals surface area contributed by atoms with Gasteiger partial charge < -0.3 is 0 Å². The molecule has 6 aromatic rings. The zero-order chi connectivity index (χ0) is 37.9. The largest absolute Gasteiger partial charge is 0.289 e. The van der Waals surface area contributed by atoms with Crippen molar-refractivity contribution in [1.82, 2.24) is 0 Å². The lowest BCUT2D eigenvalue weighted by Crippen LogP contribution is -2.11. The minimum absolute atomic E-state index is 0.143. The number of unbranched alkanes of at least 4 members (excludes halogenated alkanes) is 18. The maximum absolute atomic E-state index is 13.6. The van der Waals surface area contributed by atoms with E-state index in [0.29, 0.717) is 21.5 Å². The maximum Gasteiger partial charge on any atom is 0.187 e. The van der Waals surface area contributed by atoms with Crippen LogP contribution in [0, 0.1) is 0 Å². The van der Waals surface area contributed by atoms with Gasteiger partial charge in [-0.15, -0.1) is 0 Å². The van der Waals surface area contributed by atoms with E-state index >= 15 is 0 Å². The first kappa shape index (κ1) is 39.5. The fourth-order valence-corrected chi connectivity index (χ4v) is 8.97. The molecular formula is C50H60O4. The van der Waals surface area contributed by atoms with Crippen LogP contribution in [-0.4, -0.2) is 0 Å². The standard InChI is InChI=1S/C50H60O4/c1-3-5-7-9-11-13-15-17-19-21-23-35-33-41-43(51)29-31-45(53)49(41)47-37(35)25-27-40-39(47)28-26-38-36(24-22-20-18-16-14-12-10-8-6-4-2)34-42-44(52)30-32-46(54)50(42)48(38)40/h25-34H,3-24H2,1-2H3. The van der Waals surface area contributed by atoms with Gasteiger partial charge in [-0.1, -0.05) is 154 Å². The van der Waals surface area contributed by atoms with Crippen LogP contribution in [-0.2, 0) is 12.8 Å². The van der Waals surface area contributed by atoms with E-state index in [2.05, 4.69) is 38.1 Å². The number of rotatable bonds is 22. The molecule has 0 unspecified atom stereocenters. The van der Waals surface area contributed by atoms with Crippen LogP contribution in [0.2, 0.25) is 0 Å². The summed E-state index contributed by atoms with van der Waals surface area (Å²) in [6.45, 7) is 4.51. The van der Waals surface area contributed by atoms with E-state index in [1.165, 1.54) is 127 Å². The lowest BCUT2D eigenvalue weighted by molar-refractivity contribution is 0.556. The number of aryl methyl sites for hydroxylation is 2. The van der Waals surface area contributed by atoms with Crippen molar-refractivity contribution >= 4 is 53.9 Å². The van der Waals surface area contributed by atoms with Crippen LogP contribution in [0.15, 0.2) is 79.8 Å². The summed E-state index contributed by atoms with van der Waals surface area (Å²) in [4.78, 5) is 53.9. The fraction of sp³-hybridized carbons (Fsp3) is 0.480. The summed E-state index contributed by atoms with van der Waals surface area (Å²) in [5.74, 6) is 0. The van der Waals surface area contributed by atoms with Crippen molar-refractivity contribution in [2.45, 2.75) is 155 Å². The predicted molar refractivity (Wildman–Crippen MR) is 233 cm³/mol. The first-order valence-corrected chi connectivity index (χ1v) is 21.5. The molecular weight excluding hydrogens is 665 g/mol. The number of hydrogen-bond donors (Lipinski definition) is 0. The zero-order valence-corrected chi connectivity index (χ0v) is 33.0. The van der Waals surface area contributed by atoms with E-state index in [0.717, 1.165) is 82.0 Å². The summed E-state index contributed by atoms with van der Waals surface area (Å²) in [6.07, 6.45) is 26.7. The Labute approximate surface area is 320 Å². The quantitative estimate of drug-likeness (QED) is 0.0516. The van der Waals surface area contributed by atoms with Gasteiger partial charge in [0.25, 0.3) is 0 Å². The third-order valence-electron chi connectivity index (χ3n) is 12.0. The Morgan fingerprint density at radius 3 is 0.944 bits per heavy atom. The molecule has 0 bridgehead atoms. The highest BCUT2D eigenvalue weighted by atomic mass is 16.1. The first-order valence-electron chi connectivity index (χ1n) is 21.5. The Kier molecular flexibility index (Phi) is 14.2. The molecule has 0 aliphatic rings. The van der Waals surface area contributed by atoms with E-state index in [9.17, 15) is 19.2 Å². The SMILES string of the molecule is CCCCCCCCCCCCc1cc2c(=O)ccc(=O)c2c2c1ccc1c2ccc2c(CCCCCCCCCCCC)cc3c(=O)ccc(=O)c3c21. The summed E-state index contributed by atoms with van der Waals surface area (Å²) in [5, 5.41) is 7.10. The third-order valence-corrected chi connectivity index (χ3v) is 12.0. The van der Waals surface area contributed by atoms with Crippen LogP contribution in [0.1, 0.15) is 153 Å². The molecule has 0 saturated heterocycles. The molecule has 0 atom stereocenters. The Balaban J connectivity index is 1.35. The first-order chi connectivity index (χ1) is 26.4. The van der Waals surface area contributed by atoms with Gasteiger partial charge >= 0.3 is 0 Å². The predicted octanol–water partition coefficient (Wildman–Crippen LogP) is 12.7. The Morgan fingerprint density at radius 2 is 0.593 bits per heavy atom. The Bertz CT molecular complexity index is 2240. The van der Waals surface area contributed by atoms with Gasteiger partial charge in [0.15, 0.2) is 21.7 Å². The lowest BCUT2D eigenvalue weighted by Gasteiger charge is -2.16. The van der Waals surface area contributed by atoms with Crippen molar-refractivity contribution in [3.8, 4) is 0 Å². The van der Waals surface area contributed by atoms with Crippen LogP contribution in [0.3, 0.4) is 0 Å². The van der Waals surface area contributed by atoms with Gasteiger partial charge in [0.05, 0.1) is 0 Å². The molecule has 0 N–H and O–H groups in total. The van der Waals surface area contributed by atoms with Crippen molar-refractivity contribution in [2.24, 2.45) is 0 Å². The number of hydrogen-bond acceptors (Lipinski definition) is 4. The summed E-state index contributed by atoms with van der Waals surface area (Å²) in [7, 11) is 0. The maximum atomic E-state index is 13.6. The van der Waals surface area contributed by atoms with Gasteiger partial charge in [-0.3, -0.25) is 19.2 Å². The summed E-state index contributed by atoms with van der Waals surface area (Å²) < 4.78 is 0. The summed E-state index contributed by atoms with van der Waals surface area (Å²) in [6, 6.07) is 17.8. The Hall–Kier alpha value is -4.18. The van der Waals surface area contributed by atoms with Crippen molar-refractivity contribution in [1.29, 1.82) is 0 Å². The smallest absolute Gasteiger partial charge is 0.187 e. The molecule has 0 amide bonds. The van der Waals surface area contributed by atoms with Gasteiger partial charge in [-0.25, -0.2) is 0 Å². The molecule has 0 fully saturated rings. The van der Waals surface area contributed by atoms with Crippen LogP contribution < -0.4 is 21.7 Å².